The molecule has 1 aromatic carbocycles. The molecule has 4 heteroatoms. The van der Waals surface area contributed by atoms with Gasteiger partial charge in [-0.1, -0.05) is 39.2 Å². The number of rotatable bonds is 7. The van der Waals surface area contributed by atoms with Crippen molar-refractivity contribution in [2.24, 2.45) is 5.73 Å². The number of oxazole rings is 1. The highest BCUT2D eigenvalue weighted by molar-refractivity contribution is 5.73. The molecule has 1 unspecified atom stereocenters. The molecule has 4 nitrogen and oxygen atoms in total. The van der Waals surface area contributed by atoms with E-state index >= 15 is 0 Å². The zero-order valence-corrected chi connectivity index (χ0v) is 12.4. The van der Waals surface area contributed by atoms with Gasteiger partial charge in [0.05, 0.1) is 5.52 Å². The fraction of sp³-hybridized carbons (Fsp3) is 0.562. The summed E-state index contributed by atoms with van der Waals surface area (Å²) in [5.74, 6) is -0.279. The second-order valence-electron chi connectivity index (χ2n) is 5.35. The number of fused-ring (bicyclic) bond motifs is 1. The maximum atomic E-state index is 11.8. The molecule has 0 saturated heterocycles. The summed E-state index contributed by atoms with van der Waals surface area (Å²) < 4.78 is 7.00. The Labute approximate surface area is 119 Å². The van der Waals surface area contributed by atoms with Crippen LogP contribution in [0.25, 0.3) is 11.1 Å². The van der Waals surface area contributed by atoms with Crippen molar-refractivity contribution >= 4 is 11.1 Å². The van der Waals surface area contributed by atoms with E-state index in [9.17, 15) is 4.79 Å². The smallest absolute Gasteiger partial charge is 0.408 e. The lowest BCUT2D eigenvalue weighted by Crippen LogP contribution is -2.13. The minimum atomic E-state index is -0.279. The van der Waals surface area contributed by atoms with Gasteiger partial charge in [-0.2, -0.15) is 0 Å². The number of aromatic nitrogens is 1. The molecule has 0 saturated carbocycles. The number of hydrogen-bond donors (Lipinski definition) is 1. The third kappa shape index (κ3) is 3.12. The van der Waals surface area contributed by atoms with Crippen LogP contribution in [0.4, 0.5) is 0 Å². The molecule has 0 fully saturated rings. The number of benzene rings is 1. The van der Waals surface area contributed by atoms with Crippen LogP contribution in [0.3, 0.4) is 0 Å². The highest BCUT2D eigenvalue weighted by Crippen LogP contribution is 2.22. The van der Waals surface area contributed by atoms with E-state index in [1.807, 2.05) is 25.1 Å². The first-order valence-corrected chi connectivity index (χ1v) is 7.56. The SMILES string of the molecule is CCCCCC(N)c1ccc2c(c1)oc(=O)n2CCC. The van der Waals surface area contributed by atoms with Crippen LogP contribution in [0.5, 0.6) is 0 Å². The van der Waals surface area contributed by atoms with Crippen LogP contribution in [-0.4, -0.2) is 4.57 Å². The zero-order chi connectivity index (χ0) is 14.5. The van der Waals surface area contributed by atoms with Gasteiger partial charge >= 0.3 is 5.76 Å². The predicted octanol–water partition coefficient (Wildman–Crippen LogP) is 3.58. The lowest BCUT2D eigenvalue weighted by molar-refractivity contribution is 0.502. The van der Waals surface area contributed by atoms with Gasteiger partial charge in [0.25, 0.3) is 0 Å². The van der Waals surface area contributed by atoms with Gasteiger partial charge in [-0.3, -0.25) is 4.57 Å². The van der Waals surface area contributed by atoms with Crippen LogP contribution in [0, 0.1) is 0 Å². The third-order valence-electron chi connectivity index (χ3n) is 3.69. The van der Waals surface area contributed by atoms with E-state index < -0.39 is 0 Å². The molecule has 0 radical (unpaired) electrons. The first-order valence-electron chi connectivity index (χ1n) is 7.56. The van der Waals surface area contributed by atoms with Crippen LogP contribution in [-0.2, 0) is 6.54 Å². The predicted molar refractivity (Wildman–Crippen MR) is 81.8 cm³/mol. The topological polar surface area (TPSA) is 61.2 Å². The molecule has 1 atom stereocenters. The largest absolute Gasteiger partial charge is 0.419 e. The average Bonchev–Trinajstić information content (AvgIpc) is 2.75. The molecule has 0 spiro atoms. The first kappa shape index (κ1) is 14.9. The second-order valence-corrected chi connectivity index (χ2v) is 5.35. The Bertz CT molecular complexity index is 612. The highest BCUT2D eigenvalue weighted by atomic mass is 16.4. The summed E-state index contributed by atoms with van der Waals surface area (Å²) in [5, 5.41) is 0. The molecule has 20 heavy (non-hydrogen) atoms. The molecule has 2 rings (SSSR count). The Hall–Kier alpha value is -1.55. The van der Waals surface area contributed by atoms with Crippen molar-refractivity contribution < 1.29 is 4.42 Å². The van der Waals surface area contributed by atoms with Crippen LogP contribution >= 0.6 is 0 Å². The van der Waals surface area contributed by atoms with Crippen molar-refractivity contribution in [3.05, 3.63) is 34.3 Å². The molecule has 0 aliphatic heterocycles. The molecular weight excluding hydrogens is 252 g/mol. The summed E-state index contributed by atoms with van der Waals surface area (Å²) in [6.07, 6.45) is 5.42. The normalized spacial score (nSPS) is 12.9. The molecular formula is C16H24N2O2. The standard InChI is InChI=1S/C16H24N2O2/c1-3-5-6-7-13(17)12-8-9-14-15(11-12)20-16(19)18(14)10-4-2/h8-9,11,13H,3-7,10,17H2,1-2H3. The Morgan fingerprint density at radius 2 is 2.05 bits per heavy atom. The summed E-state index contributed by atoms with van der Waals surface area (Å²) in [6.45, 7) is 4.92. The molecule has 2 N–H and O–H groups in total. The van der Waals surface area contributed by atoms with Gasteiger partial charge in [0, 0.05) is 12.6 Å². The Morgan fingerprint density at radius 3 is 2.75 bits per heavy atom. The van der Waals surface area contributed by atoms with E-state index in [4.69, 9.17) is 10.2 Å². The summed E-state index contributed by atoms with van der Waals surface area (Å²) in [4.78, 5) is 11.8. The fourth-order valence-corrected chi connectivity index (χ4v) is 2.53. The van der Waals surface area contributed by atoms with Gasteiger partial charge in [-0.25, -0.2) is 4.79 Å². The minimum absolute atomic E-state index is 0.0192. The molecule has 2 aromatic rings. The summed E-state index contributed by atoms with van der Waals surface area (Å²) in [6, 6.07) is 5.90. The quantitative estimate of drug-likeness (QED) is 0.786. The van der Waals surface area contributed by atoms with Gasteiger partial charge < -0.3 is 10.2 Å². The van der Waals surface area contributed by atoms with Gasteiger partial charge in [0.15, 0.2) is 5.58 Å². The van der Waals surface area contributed by atoms with Gasteiger partial charge in [0.1, 0.15) is 0 Å². The van der Waals surface area contributed by atoms with E-state index in [1.165, 1.54) is 12.8 Å². The summed E-state index contributed by atoms with van der Waals surface area (Å²) in [5.41, 5.74) is 8.76. The molecule has 0 amide bonds. The van der Waals surface area contributed by atoms with Gasteiger partial charge in [0.2, 0.25) is 0 Å². The van der Waals surface area contributed by atoms with Gasteiger partial charge in [-0.05, 0) is 30.5 Å². The van der Waals surface area contributed by atoms with Crippen LogP contribution in [0.15, 0.2) is 27.4 Å². The molecule has 1 aromatic heterocycles. The van der Waals surface area contributed by atoms with E-state index in [2.05, 4.69) is 6.92 Å². The van der Waals surface area contributed by atoms with Crippen LogP contribution < -0.4 is 11.5 Å². The van der Waals surface area contributed by atoms with E-state index in [0.29, 0.717) is 12.1 Å². The zero-order valence-electron chi connectivity index (χ0n) is 12.4. The average molecular weight is 276 g/mol. The third-order valence-corrected chi connectivity index (χ3v) is 3.69. The number of unbranched alkanes of at least 4 members (excludes halogenated alkanes) is 2. The Kier molecular flexibility index (Phi) is 5.01. The van der Waals surface area contributed by atoms with Crippen molar-refractivity contribution in [3.63, 3.8) is 0 Å². The number of nitrogens with zero attached hydrogens (tertiary/aromatic N) is 1. The molecule has 110 valence electrons. The highest BCUT2D eigenvalue weighted by Gasteiger charge is 2.12. The lowest BCUT2D eigenvalue weighted by atomic mass is 10.0. The number of hydrogen-bond acceptors (Lipinski definition) is 3. The Balaban J connectivity index is 2.23. The maximum Gasteiger partial charge on any atom is 0.419 e. The fourth-order valence-electron chi connectivity index (χ4n) is 2.53. The Morgan fingerprint density at radius 1 is 1.25 bits per heavy atom. The lowest BCUT2D eigenvalue weighted by Gasteiger charge is -2.11. The molecule has 0 aliphatic carbocycles. The summed E-state index contributed by atoms with van der Waals surface area (Å²) in [7, 11) is 0. The van der Waals surface area contributed by atoms with E-state index in [1.54, 1.807) is 4.57 Å². The number of aryl methyl sites for hydroxylation is 1. The second kappa shape index (κ2) is 6.75. The van der Waals surface area contributed by atoms with E-state index in [0.717, 1.165) is 30.3 Å². The van der Waals surface area contributed by atoms with Crippen molar-refractivity contribution in [2.45, 2.75) is 58.5 Å². The summed E-state index contributed by atoms with van der Waals surface area (Å²) >= 11 is 0. The molecule has 1 heterocycles. The minimum Gasteiger partial charge on any atom is -0.408 e. The van der Waals surface area contributed by atoms with Crippen LogP contribution in [0.1, 0.15) is 57.6 Å². The number of nitrogens with two attached hydrogens (primary N) is 1. The first-order chi connectivity index (χ1) is 9.67. The van der Waals surface area contributed by atoms with Crippen molar-refractivity contribution in [3.8, 4) is 0 Å². The van der Waals surface area contributed by atoms with Crippen molar-refractivity contribution in [1.82, 2.24) is 4.57 Å². The van der Waals surface area contributed by atoms with E-state index in [-0.39, 0.29) is 11.8 Å². The van der Waals surface area contributed by atoms with Crippen molar-refractivity contribution in [1.29, 1.82) is 0 Å². The molecule has 0 bridgehead atoms. The maximum absolute atomic E-state index is 11.8. The van der Waals surface area contributed by atoms with Gasteiger partial charge in [-0.15, -0.1) is 0 Å². The van der Waals surface area contributed by atoms with Crippen molar-refractivity contribution in [2.75, 3.05) is 0 Å². The molecule has 0 aliphatic rings. The monoisotopic (exact) mass is 276 g/mol. The van der Waals surface area contributed by atoms with Crippen LogP contribution in [0.2, 0.25) is 0 Å².